The van der Waals surface area contributed by atoms with E-state index in [4.69, 9.17) is 0 Å². The van der Waals surface area contributed by atoms with Gasteiger partial charge in [-0.2, -0.15) is 0 Å². The molecule has 19 heavy (non-hydrogen) atoms. The molecule has 1 amide bonds. The molecule has 1 heterocycles. The van der Waals surface area contributed by atoms with Crippen LogP contribution in [-0.4, -0.2) is 15.9 Å². The highest BCUT2D eigenvalue weighted by Gasteiger charge is 2.04. The molecule has 0 spiro atoms. The summed E-state index contributed by atoms with van der Waals surface area (Å²) in [5.41, 5.74) is 2.60. The van der Waals surface area contributed by atoms with E-state index in [9.17, 15) is 4.79 Å². The standard InChI is InChI=1S/C15H17N3O/c1-11(2)15(19)17-10-13-9-16-14(18-13)8-12-6-4-3-5-7-12/h3-7,9H,1,8,10H2,2H3,(H,16,18)(H,17,19). The third-order valence-electron chi connectivity index (χ3n) is 2.72. The first kappa shape index (κ1) is 13.1. The lowest BCUT2D eigenvalue weighted by Crippen LogP contribution is -2.23. The second kappa shape index (κ2) is 6.00. The average Bonchev–Trinajstić information content (AvgIpc) is 2.84. The summed E-state index contributed by atoms with van der Waals surface area (Å²) in [7, 11) is 0. The van der Waals surface area contributed by atoms with E-state index in [1.54, 1.807) is 13.1 Å². The maximum absolute atomic E-state index is 11.4. The van der Waals surface area contributed by atoms with Crippen molar-refractivity contribution >= 4 is 5.91 Å². The second-order valence-electron chi connectivity index (χ2n) is 4.48. The Morgan fingerprint density at radius 3 is 2.79 bits per heavy atom. The maximum atomic E-state index is 11.4. The van der Waals surface area contributed by atoms with Gasteiger partial charge in [-0.3, -0.25) is 4.79 Å². The summed E-state index contributed by atoms with van der Waals surface area (Å²) in [5, 5.41) is 2.77. The average molecular weight is 255 g/mol. The van der Waals surface area contributed by atoms with Gasteiger partial charge in [0.25, 0.3) is 0 Å². The summed E-state index contributed by atoms with van der Waals surface area (Å²) in [6.45, 7) is 5.71. The Hall–Kier alpha value is -2.36. The smallest absolute Gasteiger partial charge is 0.246 e. The highest BCUT2D eigenvalue weighted by molar-refractivity contribution is 5.91. The van der Waals surface area contributed by atoms with Crippen LogP contribution in [0.3, 0.4) is 0 Å². The van der Waals surface area contributed by atoms with E-state index >= 15 is 0 Å². The number of hydrogen-bond donors (Lipinski definition) is 2. The van der Waals surface area contributed by atoms with Gasteiger partial charge in [-0.05, 0) is 12.5 Å². The summed E-state index contributed by atoms with van der Waals surface area (Å²) < 4.78 is 0. The minimum atomic E-state index is -0.140. The predicted molar refractivity (Wildman–Crippen MR) is 74.5 cm³/mol. The van der Waals surface area contributed by atoms with Crippen LogP contribution < -0.4 is 5.32 Å². The fourth-order valence-corrected chi connectivity index (χ4v) is 1.70. The van der Waals surface area contributed by atoms with Crippen molar-refractivity contribution < 1.29 is 4.79 Å². The van der Waals surface area contributed by atoms with Crippen molar-refractivity contribution in [3.63, 3.8) is 0 Å². The first-order valence-electron chi connectivity index (χ1n) is 6.15. The van der Waals surface area contributed by atoms with Crippen molar-refractivity contribution in [2.24, 2.45) is 0 Å². The van der Waals surface area contributed by atoms with Crippen LogP contribution in [0.4, 0.5) is 0 Å². The molecule has 1 aromatic heterocycles. The van der Waals surface area contributed by atoms with Gasteiger partial charge in [0.2, 0.25) is 5.91 Å². The van der Waals surface area contributed by atoms with E-state index in [2.05, 4.69) is 34.0 Å². The van der Waals surface area contributed by atoms with Crippen LogP contribution in [0.1, 0.15) is 24.0 Å². The maximum Gasteiger partial charge on any atom is 0.246 e. The van der Waals surface area contributed by atoms with Gasteiger partial charge >= 0.3 is 0 Å². The molecule has 0 atom stereocenters. The number of nitrogens with one attached hydrogen (secondary N) is 2. The van der Waals surface area contributed by atoms with Crippen LogP contribution in [0.2, 0.25) is 0 Å². The SMILES string of the molecule is C=C(C)C(=O)NCc1cnc(Cc2ccccc2)[nH]1. The lowest BCUT2D eigenvalue weighted by molar-refractivity contribution is -0.117. The van der Waals surface area contributed by atoms with Crippen LogP contribution in [0, 0.1) is 0 Å². The van der Waals surface area contributed by atoms with E-state index in [1.807, 2.05) is 18.2 Å². The molecule has 0 aliphatic rings. The molecule has 98 valence electrons. The molecule has 0 unspecified atom stereocenters. The van der Waals surface area contributed by atoms with Crippen molar-refractivity contribution in [2.75, 3.05) is 0 Å². The molecule has 2 aromatic rings. The van der Waals surface area contributed by atoms with Crippen LogP contribution >= 0.6 is 0 Å². The topological polar surface area (TPSA) is 57.8 Å². The largest absolute Gasteiger partial charge is 0.347 e. The van der Waals surface area contributed by atoms with E-state index in [1.165, 1.54) is 5.56 Å². The molecule has 0 saturated carbocycles. The number of nitrogens with zero attached hydrogens (tertiary/aromatic N) is 1. The number of benzene rings is 1. The number of H-pyrrole nitrogens is 1. The number of aromatic amines is 1. The Balaban J connectivity index is 1.92. The molecule has 0 aliphatic heterocycles. The van der Waals surface area contributed by atoms with E-state index < -0.39 is 0 Å². The van der Waals surface area contributed by atoms with Gasteiger partial charge in [0.1, 0.15) is 5.82 Å². The number of hydrogen-bond acceptors (Lipinski definition) is 2. The highest BCUT2D eigenvalue weighted by atomic mass is 16.1. The predicted octanol–water partition coefficient (Wildman–Crippen LogP) is 2.19. The summed E-state index contributed by atoms with van der Waals surface area (Å²) in [5.74, 6) is 0.755. The summed E-state index contributed by atoms with van der Waals surface area (Å²) >= 11 is 0. The van der Waals surface area contributed by atoms with E-state index in [0.717, 1.165) is 17.9 Å². The molecule has 0 saturated heterocycles. The fraction of sp³-hybridized carbons (Fsp3) is 0.200. The van der Waals surface area contributed by atoms with Gasteiger partial charge in [0, 0.05) is 12.0 Å². The zero-order valence-electron chi connectivity index (χ0n) is 10.9. The quantitative estimate of drug-likeness (QED) is 0.805. The Bertz CT molecular complexity index is 572. The third-order valence-corrected chi connectivity index (χ3v) is 2.72. The molecule has 2 N–H and O–H groups in total. The summed E-state index contributed by atoms with van der Waals surface area (Å²) in [6.07, 6.45) is 2.51. The van der Waals surface area contributed by atoms with Crippen LogP contribution in [-0.2, 0) is 17.8 Å². The normalized spacial score (nSPS) is 10.2. The van der Waals surface area contributed by atoms with E-state index in [0.29, 0.717) is 12.1 Å². The zero-order chi connectivity index (χ0) is 13.7. The highest BCUT2D eigenvalue weighted by Crippen LogP contribution is 2.06. The molecule has 4 nitrogen and oxygen atoms in total. The van der Waals surface area contributed by atoms with Crippen molar-refractivity contribution in [3.05, 3.63) is 65.8 Å². The van der Waals surface area contributed by atoms with Gasteiger partial charge in [0.05, 0.1) is 18.4 Å². The van der Waals surface area contributed by atoms with Crippen molar-refractivity contribution in [2.45, 2.75) is 19.9 Å². The minimum absolute atomic E-state index is 0.140. The van der Waals surface area contributed by atoms with Gasteiger partial charge in [-0.1, -0.05) is 36.9 Å². The first-order chi connectivity index (χ1) is 9.15. The van der Waals surface area contributed by atoms with Gasteiger partial charge < -0.3 is 10.3 Å². The minimum Gasteiger partial charge on any atom is -0.347 e. The molecular weight excluding hydrogens is 238 g/mol. The molecule has 0 bridgehead atoms. The third kappa shape index (κ3) is 3.81. The Kier molecular flexibility index (Phi) is 4.13. The molecule has 1 aromatic carbocycles. The number of imidazole rings is 1. The summed E-state index contributed by atoms with van der Waals surface area (Å²) in [4.78, 5) is 18.9. The van der Waals surface area contributed by atoms with Crippen molar-refractivity contribution in [3.8, 4) is 0 Å². The van der Waals surface area contributed by atoms with Crippen LogP contribution in [0.5, 0.6) is 0 Å². The Morgan fingerprint density at radius 1 is 1.37 bits per heavy atom. The second-order valence-corrected chi connectivity index (χ2v) is 4.48. The first-order valence-corrected chi connectivity index (χ1v) is 6.15. The van der Waals surface area contributed by atoms with Gasteiger partial charge in [-0.15, -0.1) is 0 Å². The number of carbonyl (C=O) groups excluding carboxylic acids is 1. The van der Waals surface area contributed by atoms with Crippen LogP contribution in [0.15, 0.2) is 48.7 Å². The number of carbonyl (C=O) groups is 1. The number of rotatable bonds is 5. The lowest BCUT2D eigenvalue weighted by Gasteiger charge is -2.02. The van der Waals surface area contributed by atoms with Gasteiger partial charge in [-0.25, -0.2) is 4.98 Å². The Labute approximate surface area is 112 Å². The van der Waals surface area contributed by atoms with Gasteiger partial charge in [0.15, 0.2) is 0 Å². The molecule has 2 rings (SSSR count). The van der Waals surface area contributed by atoms with Crippen molar-refractivity contribution in [1.82, 2.24) is 15.3 Å². The zero-order valence-corrected chi connectivity index (χ0v) is 10.9. The number of amides is 1. The summed E-state index contributed by atoms with van der Waals surface area (Å²) in [6, 6.07) is 10.1. The lowest BCUT2D eigenvalue weighted by atomic mass is 10.1. The number of aromatic nitrogens is 2. The Morgan fingerprint density at radius 2 is 2.11 bits per heavy atom. The fourth-order valence-electron chi connectivity index (χ4n) is 1.70. The van der Waals surface area contributed by atoms with E-state index in [-0.39, 0.29) is 5.91 Å². The molecule has 0 fully saturated rings. The van der Waals surface area contributed by atoms with Crippen molar-refractivity contribution in [1.29, 1.82) is 0 Å². The molecular formula is C15H17N3O. The van der Waals surface area contributed by atoms with Crippen LogP contribution in [0.25, 0.3) is 0 Å². The molecule has 0 radical (unpaired) electrons. The molecule has 4 heteroatoms. The molecule has 0 aliphatic carbocycles. The monoisotopic (exact) mass is 255 g/mol.